The van der Waals surface area contributed by atoms with Crippen LogP contribution in [0.2, 0.25) is 0 Å². The largest absolute Gasteiger partial charge is 0.496 e. The van der Waals surface area contributed by atoms with Crippen LogP contribution < -0.4 is 4.74 Å². The lowest BCUT2D eigenvalue weighted by Gasteiger charge is -2.35. The predicted molar refractivity (Wildman–Crippen MR) is 155 cm³/mol. The van der Waals surface area contributed by atoms with Crippen molar-refractivity contribution < 1.29 is 13.9 Å². The minimum atomic E-state index is -0.242. The van der Waals surface area contributed by atoms with Gasteiger partial charge in [0.15, 0.2) is 0 Å². The Hall–Kier alpha value is -3.84. The first kappa shape index (κ1) is 26.4. The monoisotopic (exact) mass is 538 g/mol. The van der Waals surface area contributed by atoms with Crippen LogP contribution in [0.1, 0.15) is 36.8 Å². The number of methoxy groups -OCH3 is 1. The molecule has 0 radical (unpaired) electrons. The lowest BCUT2D eigenvalue weighted by molar-refractivity contribution is -0.132. The molecular weight excluding hydrogens is 503 g/mol. The standard InChI is InChI=1S/C33H35FN4O2/c1-40-31-11-5-10-29(34)28(31)21-37-15-6-7-23(20-37)17-32(39)38-16-14-25-18-36-33(27(25)22-38)26-12-13-30(35-19-26)24-8-3-2-4-9-24/h2-5,8-13,19,23H,6-7,14-18,20-22H2,1H3/t23-/m0/s1. The van der Waals surface area contributed by atoms with Gasteiger partial charge in [-0.25, -0.2) is 4.39 Å². The highest BCUT2D eigenvalue weighted by molar-refractivity contribution is 6.15. The van der Waals surface area contributed by atoms with Crippen molar-refractivity contribution in [3.8, 4) is 17.0 Å². The van der Waals surface area contributed by atoms with Crippen LogP contribution in [-0.2, 0) is 11.3 Å². The smallest absolute Gasteiger partial charge is 0.223 e. The second-order valence-corrected chi connectivity index (χ2v) is 11.0. The summed E-state index contributed by atoms with van der Waals surface area (Å²) in [5.74, 6) is 0.801. The Morgan fingerprint density at radius 1 is 1.05 bits per heavy atom. The fourth-order valence-electron chi connectivity index (χ4n) is 6.23. The highest BCUT2D eigenvalue weighted by atomic mass is 19.1. The molecule has 1 fully saturated rings. The Labute approximate surface area is 235 Å². The van der Waals surface area contributed by atoms with Gasteiger partial charge in [0.2, 0.25) is 5.91 Å². The summed E-state index contributed by atoms with van der Waals surface area (Å²) in [5.41, 5.74) is 7.12. The Balaban J connectivity index is 1.08. The molecule has 3 aliphatic rings. The van der Waals surface area contributed by atoms with Gasteiger partial charge < -0.3 is 9.64 Å². The van der Waals surface area contributed by atoms with Crippen molar-refractivity contribution in [3.05, 3.63) is 95.0 Å². The summed E-state index contributed by atoms with van der Waals surface area (Å²) in [5, 5.41) is 0. The van der Waals surface area contributed by atoms with E-state index in [1.54, 1.807) is 19.2 Å². The number of amides is 1. The third-order valence-corrected chi connectivity index (χ3v) is 8.38. The van der Waals surface area contributed by atoms with E-state index in [1.807, 2.05) is 35.4 Å². The van der Waals surface area contributed by atoms with Gasteiger partial charge >= 0.3 is 0 Å². The number of ether oxygens (including phenoxy) is 1. The Morgan fingerprint density at radius 3 is 2.73 bits per heavy atom. The number of halogens is 1. The van der Waals surface area contributed by atoms with E-state index in [2.05, 4.69) is 23.1 Å². The fourth-order valence-corrected chi connectivity index (χ4v) is 6.23. The summed E-state index contributed by atoms with van der Waals surface area (Å²) in [7, 11) is 1.58. The van der Waals surface area contributed by atoms with Crippen LogP contribution in [0.15, 0.2) is 83.0 Å². The zero-order valence-corrected chi connectivity index (χ0v) is 23.0. The molecule has 7 heteroatoms. The molecule has 6 nitrogen and oxygen atoms in total. The highest BCUT2D eigenvalue weighted by Crippen LogP contribution is 2.31. The molecule has 4 heterocycles. The predicted octanol–water partition coefficient (Wildman–Crippen LogP) is 5.53. The van der Waals surface area contributed by atoms with E-state index >= 15 is 0 Å². The highest BCUT2D eigenvalue weighted by Gasteiger charge is 2.31. The third kappa shape index (κ3) is 5.56. The van der Waals surface area contributed by atoms with Gasteiger partial charge in [0.05, 0.1) is 25.1 Å². The lowest BCUT2D eigenvalue weighted by Crippen LogP contribution is -2.41. The molecule has 3 aromatic rings. The molecule has 0 unspecified atom stereocenters. The molecule has 6 rings (SSSR count). The molecule has 0 N–H and O–H groups in total. The third-order valence-electron chi connectivity index (χ3n) is 8.38. The van der Waals surface area contributed by atoms with Crippen LogP contribution in [0.4, 0.5) is 4.39 Å². The number of carbonyl (C=O) groups excluding carboxylic acids is 1. The SMILES string of the molecule is COc1cccc(F)c1CN1CCC[C@@H](CC(=O)N2CCC3=C(C2)C(c2ccc(-c4ccccc4)nc2)=NC3)C1. The van der Waals surface area contributed by atoms with Crippen molar-refractivity contribution in [2.75, 3.05) is 39.8 Å². The summed E-state index contributed by atoms with van der Waals surface area (Å²) in [4.78, 5) is 27.3. The zero-order valence-electron chi connectivity index (χ0n) is 23.0. The van der Waals surface area contributed by atoms with Crippen molar-refractivity contribution in [1.82, 2.24) is 14.8 Å². The number of piperidine rings is 1. The van der Waals surface area contributed by atoms with E-state index in [-0.39, 0.29) is 17.6 Å². The van der Waals surface area contributed by atoms with E-state index < -0.39 is 0 Å². The Kier molecular flexibility index (Phi) is 7.73. The number of pyridine rings is 1. The van der Waals surface area contributed by atoms with Crippen LogP contribution in [0.3, 0.4) is 0 Å². The normalized spacial score (nSPS) is 19.4. The first-order valence-electron chi connectivity index (χ1n) is 14.2. The van der Waals surface area contributed by atoms with Gasteiger partial charge in [-0.05, 0) is 67.1 Å². The van der Waals surface area contributed by atoms with Crippen molar-refractivity contribution >= 4 is 11.6 Å². The molecule has 1 saturated heterocycles. The molecule has 2 aromatic carbocycles. The maximum absolute atomic E-state index is 14.5. The topological polar surface area (TPSA) is 58.0 Å². The second-order valence-electron chi connectivity index (χ2n) is 11.0. The number of rotatable bonds is 7. The van der Waals surface area contributed by atoms with E-state index in [0.29, 0.717) is 37.4 Å². The minimum Gasteiger partial charge on any atom is -0.496 e. The molecule has 40 heavy (non-hydrogen) atoms. The van der Waals surface area contributed by atoms with Crippen LogP contribution in [0.5, 0.6) is 5.75 Å². The van der Waals surface area contributed by atoms with E-state index in [0.717, 1.165) is 61.4 Å². The first-order chi connectivity index (χ1) is 19.6. The lowest BCUT2D eigenvalue weighted by atomic mass is 9.92. The number of aliphatic imine (C=N–C) groups is 1. The van der Waals surface area contributed by atoms with Gasteiger partial charge in [0.1, 0.15) is 11.6 Å². The summed E-state index contributed by atoms with van der Waals surface area (Å²) in [6.45, 7) is 4.25. The van der Waals surface area contributed by atoms with Gasteiger partial charge in [-0.15, -0.1) is 0 Å². The molecule has 1 aromatic heterocycles. The molecule has 1 atom stereocenters. The zero-order chi connectivity index (χ0) is 27.5. The average molecular weight is 539 g/mol. The molecule has 1 amide bonds. The number of hydrogen-bond donors (Lipinski definition) is 0. The number of benzene rings is 2. The van der Waals surface area contributed by atoms with Crippen LogP contribution in [-0.4, -0.2) is 66.2 Å². The van der Waals surface area contributed by atoms with Gasteiger partial charge in [-0.1, -0.05) is 36.4 Å². The molecular formula is C33H35FN4O2. The summed E-state index contributed by atoms with van der Waals surface area (Å²) in [6, 6.07) is 19.2. The number of likely N-dealkylation sites (tertiary alicyclic amines) is 1. The quantitative estimate of drug-likeness (QED) is 0.397. The Bertz CT molecular complexity index is 1430. The first-order valence-corrected chi connectivity index (χ1v) is 14.2. The Morgan fingerprint density at radius 2 is 1.93 bits per heavy atom. The summed E-state index contributed by atoms with van der Waals surface area (Å²) >= 11 is 0. The second kappa shape index (κ2) is 11.7. The molecule has 0 spiro atoms. The van der Waals surface area contributed by atoms with Crippen LogP contribution in [0.25, 0.3) is 11.3 Å². The fraction of sp³-hybridized carbons (Fsp3) is 0.364. The summed E-state index contributed by atoms with van der Waals surface area (Å²) in [6.07, 6.45) is 5.32. The maximum atomic E-state index is 14.5. The van der Waals surface area contributed by atoms with Crippen LogP contribution >= 0.6 is 0 Å². The maximum Gasteiger partial charge on any atom is 0.223 e. The van der Waals surface area contributed by atoms with Crippen molar-refractivity contribution in [2.24, 2.45) is 10.9 Å². The van der Waals surface area contributed by atoms with Gasteiger partial charge in [-0.3, -0.25) is 19.7 Å². The minimum absolute atomic E-state index is 0.200. The molecule has 0 aliphatic carbocycles. The van der Waals surface area contributed by atoms with Gasteiger partial charge in [0.25, 0.3) is 0 Å². The van der Waals surface area contributed by atoms with Crippen molar-refractivity contribution in [2.45, 2.75) is 32.2 Å². The molecule has 3 aliphatic heterocycles. The number of hydrogen-bond acceptors (Lipinski definition) is 5. The van der Waals surface area contributed by atoms with Gasteiger partial charge in [-0.2, -0.15) is 0 Å². The number of nitrogens with zero attached hydrogens (tertiary/aromatic N) is 4. The van der Waals surface area contributed by atoms with Gasteiger partial charge in [0, 0.05) is 55.5 Å². The van der Waals surface area contributed by atoms with E-state index in [9.17, 15) is 9.18 Å². The van der Waals surface area contributed by atoms with E-state index in [1.165, 1.54) is 17.2 Å². The molecule has 0 bridgehead atoms. The number of aromatic nitrogens is 1. The van der Waals surface area contributed by atoms with Crippen LogP contribution in [0, 0.1) is 11.7 Å². The number of carbonyl (C=O) groups is 1. The van der Waals surface area contributed by atoms with E-state index in [4.69, 9.17) is 14.7 Å². The average Bonchev–Trinajstić information content (AvgIpc) is 3.42. The summed E-state index contributed by atoms with van der Waals surface area (Å²) < 4.78 is 19.9. The van der Waals surface area contributed by atoms with Crippen molar-refractivity contribution in [3.63, 3.8) is 0 Å². The van der Waals surface area contributed by atoms with Crippen molar-refractivity contribution in [1.29, 1.82) is 0 Å². The molecule has 206 valence electrons. The molecule has 0 saturated carbocycles.